The molecule has 6 N–H and O–H groups in total. The molecule has 2 unspecified atom stereocenters. The molecule has 0 saturated carbocycles. The van der Waals surface area contributed by atoms with Crippen molar-refractivity contribution < 1.29 is 0 Å². The van der Waals surface area contributed by atoms with Gasteiger partial charge < -0.3 is 17.2 Å². The highest BCUT2D eigenvalue weighted by Gasteiger charge is 2.44. The van der Waals surface area contributed by atoms with Gasteiger partial charge in [0.05, 0.1) is 11.6 Å². The van der Waals surface area contributed by atoms with E-state index >= 15 is 0 Å². The van der Waals surface area contributed by atoms with Crippen LogP contribution in [0.2, 0.25) is 0 Å². The highest BCUT2D eigenvalue weighted by molar-refractivity contribution is 5.89. The number of nitrogens with two attached hydrogens (primary N) is 3. The van der Waals surface area contributed by atoms with Crippen LogP contribution in [0.4, 0.5) is 0 Å². The Kier molecular flexibility index (Phi) is 1.66. The number of allylic oxidation sites excluding steroid dienone is 1. The summed E-state index contributed by atoms with van der Waals surface area (Å²) in [7, 11) is 0. The van der Waals surface area contributed by atoms with E-state index in [9.17, 15) is 0 Å². The number of hydrogen-bond donors (Lipinski definition) is 3. The van der Waals surface area contributed by atoms with Gasteiger partial charge in [0.25, 0.3) is 0 Å². The van der Waals surface area contributed by atoms with Gasteiger partial charge in [-0.25, -0.2) is 0 Å². The molecule has 2 atom stereocenters. The Morgan fingerprint density at radius 1 is 1.25 bits per heavy atom. The van der Waals surface area contributed by atoms with E-state index in [0.717, 1.165) is 28.0 Å². The molecule has 0 aliphatic heterocycles. The van der Waals surface area contributed by atoms with Crippen LogP contribution in [0.3, 0.4) is 0 Å². The van der Waals surface area contributed by atoms with E-state index in [2.05, 4.69) is 6.07 Å². The molecule has 3 aliphatic rings. The molecular formula is C13H15N3. The third-order valence-corrected chi connectivity index (χ3v) is 3.72. The summed E-state index contributed by atoms with van der Waals surface area (Å²) in [5.41, 5.74) is 23.1. The van der Waals surface area contributed by atoms with Gasteiger partial charge in [-0.1, -0.05) is 24.3 Å². The number of benzene rings is 1. The van der Waals surface area contributed by atoms with Gasteiger partial charge in [0, 0.05) is 11.3 Å². The van der Waals surface area contributed by atoms with Gasteiger partial charge in [-0.3, -0.25) is 0 Å². The van der Waals surface area contributed by atoms with Gasteiger partial charge in [-0.2, -0.15) is 0 Å². The maximum atomic E-state index is 6.42. The third-order valence-electron chi connectivity index (χ3n) is 3.72. The van der Waals surface area contributed by atoms with Gasteiger partial charge in [-0.15, -0.1) is 0 Å². The van der Waals surface area contributed by atoms with Crippen molar-refractivity contribution in [3.05, 3.63) is 52.7 Å². The average molecular weight is 213 g/mol. The Morgan fingerprint density at radius 2 is 1.94 bits per heavy atom. The minimum absolute atomic E-state index is 0.176. The summed E-state index contributed by atoms with van der Waals surface area (Å²) in [5.74, 6) is 0. The first-order chi connectivity index (χ1) is 7.55. The summed E-state index contributed by atoms with van der Waals surface area (Å²) >= 11 is 0. The van der Waals surface area contributed by atoms with Gasteiger partial charge in [0.15, 0.2) is 0 Å². The van der Waals surface area contributed by atoms with Crippen LogP contribution >= 0.6 is 0 Å². The number of hydrogen-bond acceptors (Lipinski definition) is 3. The van der Waals surface area contributed by atoms with Gasteiger partial charge >= 0.3 is 0 Å². The van der Waals surface area contributed by atoms with E-state index in [4.69, 9.17) is 17.2 Å². The van der Waals surface area contributed by atoms with Crippen molar-refractivity contribution in [2.24, 2.45) is 17.2 Å². The molecule has 0 aromatic heterocycles. The van der Waals surface area contributed by atoms with Crippen LogP contribution in [0.1, 0.15) is 18.1 Å². The van der Waals surface area contributed by atoms with Gasteiger partial charge in [0.2, 0.25) is 0 Å². The van der Waals surface area contributed by atoms with Crippen molar-refractivity contribution in [1.29, 1.82) is 0 Å². The topological polar surface area (TPSA) is 78.1 Å². The van der Waals surface area contributed by atoms with Crippen LogP contribution in [0.15, 0.2) is 41.6 Å². The molecule has 2 bridgehead atoms. The lowest BCUT2D eigenvalue weighted by Crippen LogP contribution is -2.56. The highest BCUT2D eigenvalue weighted by Crippen LogP contribution is 2.46. The van der Waals surface area contributed by atoms with Crippen LogP contribution in [0, 0.1) is 0 Å². The van der Waals surface area contributed by atoms with Crippen LogP contribution in [0.5, 0.6) is 0 Å². The minimum Gasteiger partial charge on any atom is -0.398 e. The van der Waals surface area contributed by atoms with E-state index in [-0.39, 0.29) is 6.04 Å². The second-order valence-corrected chi connectivity index (χ2v) is 4.61. The zero-order valence-corrected chi connectivity index (χ0v) is 9.20. The molecule has 0 radical (unpaired) electrons. The normalized spacial score (nSPS) is 31.4. The predicted molar refractivity (Wildman–Crippen MR) is 65.1 cm³/mol. The monoisotopic (exact) mass is 213 g/mol. The van der Waals surface area contributed by atoms with Crippen molar-refractivity contribution in [2.75, 3.05) is 0 Å². The van der Waals surface area contributed by atoms with Crippen LogP contribution in [-0.4, -0.2) is 6.04 Å². The lowest BCUT2D eigenvalue weighted by atomic mass is 9.66. The van der Waals surface area contributed by atoms with E-state index in [1.165, 1.54) is 0 Å². The zero-order chi connectivity index (χ0) is 11.5. The second-order valence-electron chi connectivity index (χ2n) is 4.61. The summed E-state index contributed by atoms with van der Waals surface area (Å²) in [5, 5.41) is 0. The first-order valence-corrected chi connectivity index (χ1v) is 5.39. The molecule has 0 spiro atoms. The van der Waals surface area contributed by atoms with E-state index in [1.807, 2.05) is 31.2 Å². The fourth-order valence-electron chi connectivity index (χ4n) is 2.85. The van der Waals surface area contributed by atoms with E-state index in [1.54, 1.807) is 0 Å². The first-order valence-electron chi connectivity index (χ1n) is 5.39. The quantitative estimate of drug-likeness (QED) is 0.597. The largest absolute Gasteiger partial charge is 0.398 e. The summed E-state index contributed by atoms with van der Waals surface area (Å²) < 4.78 is 0. The average Bonchev–Trinajstić information content (AvgIpc) is 2.26. The maximum absolute atomic E-state index is 6.42. The molecule has 0 heterocycles. The fourth-order valence-corrected chi connectivity index (χ4v) is 2.85. The molecule has 3 nitrogen and oxygen atoms in total. The number of fused-ring (bicyclic) bond motifs is 1. The summed E-state index contributed by atoms with van der Waals surface area (Å²) in [6, 6.07) is 7.90. The highest BCUT2D eigenvalue weighted by atomic mass is 14.9. The molecule has 0 saturated heterocycles. The van der Waals surface area contributed by atoms with Crippen LogP contribution in [-0.2, 0) is 5.54 Å². The van der Waals surface area contributed by atoms with E-state index in [0.29, 0.717) is 0 Å². The minimum atomic E-state index is -0.646. The smallest absolute Gasteiger partial charge is 0.0817 e. The van der Waals surface area contributed by atoms with Crippen molar-refractivity contribution >= 4 is 5.57 Å². The van der Waals surface area contributed by atoms with Crippen molar-refractivity contribution in [3.63, 3.8) is 0 Å². The Bertz CT molecular complexity index is 542. The lowest BCUT2D eigenvalue weighted by Gasteiger charge is -2.45. The third kappa shape index (κ3) is 0.900. The second kappa shape index (κ2) is 2.75. The summed E-state index contributed by atoms with van der Waals surface area (Å²) in [4.78, 5) is 0. The Hall–Kier alpha value is -1.58. The Balaban J connectivity index is 2.42. The van der Waals surface area contributed by atoms with Crippen molar-refractivity contribution in [2.45, 2.75) is 18.5 Å². The molecule has 82 valence electrons. The van der Waals surface area contributed by atoms with Crippen LogP contribution < -0.4 is 17.2 Å². The maximum Gasteiger partial charge on any atom is 0.0817 e. The Morgan fingerprint density at radius 3 is 2.69 bits per heavy atom. The zero-order valence-electron chi connectivity index (χ0n) is 9.20. The SMILES string of the molecule is CC1=C2C(N)=CC(N)(c3ccccc32)C1N. The molecule has 1 aromatic carbocycles. The predicted octanol–water partition coefficient (Wildman–Crippen LogP) is 0.811. The molecule has 3 heteroatoms. The molecule has 3 aliphatic carbocycles. The molecule has 16 heavy (non-hydrogen) atoms. The van der Waals surface area contributed by atoms with Crippen molar-refractivity contribution in [1.82, 2.24) is 0 Å². The summed E-state index contributed by atoms with van der Waals surface area (Å²) in [6.07, 6.45) is 1.89. The fraction of sp³-hybridized carbons (Fsp3) is 0.231. The lowest BCUT2D eigenvalue weighted by molar-refractivity contribution is 0.462. The molecule has 1 aromatic rings. The van der Waals surface area contributed by atoms with Crippen LogP contribution in [0.25, 0.3) is 5.57 Å². The van der Waals surface area contributed by atoms with Gasteiger partial charge in [0.1, 0.15) is 0 Å². The Labute approximate surface area is 94.6 Å². The number of rotatable bonds is 0. The molecular weight excluding hydrogens is 198 g/mol. The van der Waals surface area contributed by atoms with E-state index < -0.39 is 5.54 Å². The summed E-state index contributed by atoms with van der Waals surface area (Å²) in [6.45, 7) is 2.01. The van der Waals surface area contributed by atoms with Crippen molar-refractivity contribution in [3.8, 4) is 0 Å². The molecule has 0 fully saturated rings. The molecule has 0 amide bonds. The van der Waals surface area contributed by atoms with Gasteiger partial charge in [-0.05, 0) is 29.7 Å². The first kappa shape index (κ1) is 9.63. The standard InChI is InChI=1S/C13H15N3/c1-7-11-8-4-2-3-5-9(8)13(16,12(7)15)6-10(11)14/h2-6,12H,14-16H2,1H3. The molecule has 4 rings (SSSR count).